The molecule has 1 aromatic carbocycles. The van der Waals surface area contributed by atoms with Crippen LogP contribution in [0, 0.1) is 6.07 Å². The minimum Gasteiger partial charge on any atom is -0.389 e. The van der Waals surface area contributed by atoms with Gasteiger partial charge in [-0.2, -0.15) is 13.2 Å². The third kappa shape index (κ3) is 2.21. The Bertz CT molecular complexity index is 291. The van der Waals surface area contributed by atoms with E-state index in [1.807, 2.05) is 0 Å². The van der Waals surface area contributed by atoms with Crippen LogP contribution in [-0.2, 0) is 6.18 Å². The van der Waals surface area contributed by atoms with Gasteiger partial charge in [0, 0.05) is 0 Å². The Balaban J connectivity index is 3.20. The Morgan fingerprint density at radius 1 is 1.46 bits per heavy atom. The first kappa shape index (κ1) is 10.1. The first-order chi connectivity index (χ1) is 5.93. The molecule has 0 heterocycles. The molecule has 1 nitrogen and oxygen atoms in total. The summed E-state index contributed by atoms with van der Waals surface area (Å²) in [6, 6.07) is 5.73. The SMILES string of the molecule is CC(O)c1cc[c]cc1C(F)(F)F. The van der Waals surface area contributed by atoms with Crippen molar-refractivity contribution in [3.63, 3.8) is 0 Å². The highest BCUT2D eigenvalue weighted by Gasteiger charge is 2.33. The third-order valence-electron chi connectivity index (χ3n) is 1.65. The lowest BCUT2D eigenvalue weighted by atomic mass is 10.0. The van der Waals surface area contributed by atoms with Crippen LogP contribution in [0.15, 0.2) is 18.2 Å². The second-order valence-electron chi connectivity index (χ2n) is 2.69. The smallest absolute Gasteiger partial charge is 0.389 e. The van der Waals surface area contributed by atoms with Crippen LogP contribution in [0.1, 0.15) is 24.2 Å². The number of aliphatic hydroxyl groups is 1. The van der Waals surface area contributed by atoms with Gasteiger partial charge in [-0.1, -0.05) is 12.1 Å². The number of alkyl halides is 3. The molecule has 0 amide bonds. The predicted molar refractivity (Wildman–Crippen MR) is 40.9 cm³/mol. The normalized spacial score (nSPS) is 14.2. The summed E-state index contributed by atoms with van der Waals surface area (Å²) >= 11 is 0. The van der Waals surface area contributed by atoms with Gasteiger partial charge in [0.05, 0.1) is 11.7 Å². The van der Waals surface area contributed by atoms with Crippen molar-refractivity contribution in [3.8, 4) is 0 Å². The van der Waals surface area contributed by atoms with Crippen LogP contribution in [0.5, 0.6) is 0 Å². The minimum atomic E-state index is -4.43. The summed E-state index contributed by atoms with van der Waals surface area (Å²) in [5.41, 5.74) is -0.948. The molecular formula is C9H8F3O. The van der Waals surface area contributed by atoms with E-state index >= 15 is 0 Å². The fraction of sp³-hybridized carbons (Fsp3) is 0.333. The molecule has 71 valence electrons. The van der Waals surface area contributed by atoms with Gasteiger partial charge in [0.2, 0.25) is 0 Å². The van der Waals surface area contributed by atoms with Gasteiger partial charge in [-0.05, 0) is 24.6 Å². The van der Waals surface area contributed by atoms with Crippen LogP contribution in [0.4, 0.5) is 13.2 Å². The Hall–Kier alpha value is -1.03. The number of rotatable bonds is 1. The highest BCUT2D eigenvalue weighted by molar-refractivity contribution is 5.30. The van der Waals surface area contributed by atoms with E-state index in [0.29, 0.717) is 0 Å². The van der Waals surface area contributed by atoms with E-state index in [2.05, 4.69) is 6.07 Å². The van der Waals surface area contributed by atoms with E-state index in [-0.39, 0.29) is 5.56 Å². The van der Waals surface area contributed by atoms with Crippen molar-refractivity contribution < 1.29 is 18.3 Å². The van der Waals surface area contributed by atoms with Crippen molar-refractivity contribution in [3.05, 3.63) is 35.4 Å². The highest BCUT2D eigenvalue weighted by atomic mass is 19.4. The van der Waals surface area contributed by atoms with Gasteiger partial charge >= 0.3 is 6.18 Å². The maximum Gasteiger partial charge on any atom is 0.416 e. The van der Waals surface area contributed by atoms with Gasteiger partial charge in [0.15, 0.2) is 0 Å². The summed E-state index contributed by atoms with van der Waals surface area (Å²) in [6.07, 6.45) is -5.55. The van der Waals surface area contributed by atoms with Crippen molar-refractivity contribution in [2.24, 2.45) is 0 Å². The molecule has 1 aromatic rings. The van der Waals surface area contributed by atoms with Gasteiger partial charge in [-0.25, -0.2) is 0 Å². The molecule has 1 rings (SSSR count). The number of aliphatic hydroxyl groups excluding tert-OH is 1. The molecule has 0 spiro atoms. The lowest BCUT2D eigenvalue weighted by Crippen LogP contribution is -2.10. The summed E-state index contributed by atoms with van der Waals surface area (Å²) in [5, 5.41) is 9.05. The van der Waals surface area contributed by atoms with Gasteiger partial charge in [-0.15, -0.1) is 0 Å². The van der Waals surface area contributed by atoms with E-state index in [1.165, 1.54) is 19.1 Å². The topological polar surface area (TPSA) is 20.2 Å². The van der Waals surface area contributed by atoms with E-state index < -0.39 is 17.8 Å². The molecule has 0 fully saturated rings. The minimum absolute atomic E-state index is 0.119. The molecule has 4 heteroatoms. The zero-order chi connectivity index (χ0) is 10.1. The van der Waals surface area contributed by atoms with Gasteiger partial charge in [0.25, 0.3) is 0 Å². The molecule has 1 N–H and O–H groups in total. The maximum atomic E-state index is 12.3. The molecule has 1 radical (unpaired) electrons. The van der Waals surface area contributed by atoms with Crippen LogP contribution in [0.25, 0.3) is 0 Å². The molecule has 0 bridgehead atoms. The van der Waals surface area contributed by atoms with E-state index in [4.69, 9.17) is 5.11 Å². The largest absolute Gasteiger partial charge is 0.416 e. The molecule has 0 aromatic heterocycles. The Morgan fingerprint density at radius 3 is 2.46 bits per heavy atom. The second-order valence-corrected chi connectivity index (χ2v) is 2.69. The quantitative estimate of drug-likeness (QED) is 0.719. The van der Waals surface area contributed by atoms with Crippen molar-refractivity contribution in [2.45, 2.75) is 19.2 Å². The van der Waals surface area contributed by atoms with Gasteiger partial charge in [0.1, 0.15) is 0 Å². The van der Waals surface area contributed by atoms with E-state index in [0.717, 1.165) is 6.07 Å². The number of benzene rings is 1. The van der Waals surface area contributed by atoms with E-state index in [1.54, 1.807) is 0 Å². The standard InChI is InChI=1S/C9H8F3O/c1-6(13)7-4-2-3-5-8(7)9(10,11)12/h2,4-6,13H,1H3. The van der Waals surface area contributed by atoms with Crippen LogP contribution in [-0.4, -0.2) is 5.11 Å². The number of hydrogen-bond donors (Lipinski definition) is 1. The van der Waals surface area contributed by atoms with E-state index in [9.17, 15) is 13.2 Å². The summed E-state index contributed by atoms with van der Waals surface area (Å²) in [6.45, 7) is 1.30. The molecule has 1 unspecified atom stereocenters. The second kappa shape index (κ2) is 3.38. The molecule has 0 aliphatic carbocycles. The van der Waals surface area contributed by atoms with Crippen molar-refractivity contribution in [1.29, 1.82) is 0 Å². The molecule has 0 aliphatic heterocycles. The molecule has 13 heavy (non-hydrogen) atoms. The zero-order valence-corrected chi connectivity index (χ0v) is 6.89. The van der Waals surface area contributed by atoms with Crippen LogP contribution in [0.2, 0.25) is 0 Å². The lowest BCUT2D eigenvalue weighted by Gasteiger charge is -2.13. The first-order valence-electron chi connectivity index (χ1n) is 3.68. The monoisotopic (exact) mass is 189 g/mol. The Morgan fingerprint density at radius 2 is 2.08 bits per heavy atom. The average molecular weight is 189 g/mol. The van der Waals surface area contributed by atoms with Gasteiger partial charge in [-0.3, -0.25) is 0 Å². The third-order valence-corrected chi connectivity index (χ3v) is 1.65. The molecule has 0 saturated carbocycles. The predicted octanol–water partition coefficient (Wildman–Crippen LogP) is 2.56. The van der Waals surface area contributed by atoms with Crippen LogP contribution >= 0.6 is 0 Å². The van der Waals surface area contributed by atoms with Crippen LogP contribution in [0.3, 0.4) is 0 Å². The number of halogens is 3. The molecule has 1 atom stereocenters. The fourth-order valence-electron chi connectivity index (χ4n) is 1.05. The molecular weight excluding hydrogens is 181 g/mol. The zero-order valence-electron chi connectivity index (χ0n) is 6.89. The fourth-order valence-corrected chi connectivity index (χ4v) is 1.05. The van der Waals surface area contributed by atoms with Gasteiger partial charge < -0.3 is 5.11 Å². The lowest BCUT2D eigenvalue weighted by molar-refractivity contribution is -0.139. The summed E-state index contributed by atoms with van der Waals surface area (Å²) in [5.74, 6) is 0. The maximum absolute atomic E-state index is 12.3. The Labute approximate surface area is 73.8 Å². The Kier molecular flexibility index (Phi) is 2.61. The van der Waals surface area contributed by atoms with Crippen molar-refractivity contribution in [2.75, 3.05) is 0 Å². The summed E-state index contributed by atoms with van der Waals surface area (Å²) in [4.78, 5) is 0. The van der Waals surface area contributed by atoms with Crippen LogP contribution < -0.4 is 0 Å². The highest BCUT2D eigenvalue weighted by Crippen LogP contribution is 2.33. The summed E-state index contributed by atoms with van der Waals surface area (Å²) < 4.78 is 36.8. The average Bonchev–Trinajstić information content (AvgIpc) is 2.03. The molecule has 0 aliphatic rings. The molecule has 0 saturated heterocycles. The number of hydrogen-bond acceptors (Lipinski definition) is 1. The first-order valence-corrected chi connectivity index (χ1v) is 3.68. The van der Waals surface area contributed by atoms with Crippen molar-refractivity contribution >= 4 is 0 Å². The summed E-state index contributed by atoms with van der Waals surface area (Å²) in [7, 11) is 0. The van der Waals surface area contributed by atoms with Crippen molar-refractivity contribution in [1.82, 2.24) is 0 Å².